The molecule has 0 bridgehead atoms. The van der Waals surface area contributed by atoms with Gasteiger partial charge in [-0.05, 0) is 102 Å². The Bertz CT molecular complexity index is 2070. The Hall–Kier alpha value is -6.88. The fourth-order valence-electron chi connectivity index (χ4n) is 8.39. The van der Waals surface area contributed by atoms with Gasteiger partial charge >= 0.3 is 5.97 Å². The Kier molecular flexibility index (Phi) is 31.5. The third kappa shape index (κ3) is 25.1. The Balaban J connectivity index is 3.44. The molecule has 1 aliphatic heterocycles. The molecule has 0 aliphatic carbocycles. The summed E-state index contributed by atoms with van der Waals surface area (Å²) < 4.78 is 0. The van der Waals surface area contributed by atoms with Crippen molar-refractivity contribution in [1.29, 1.82) is 0 Å². The van der Waals surface area contributed by atoms with E-state index in [2.05, 4.69) is 47.2 Å². The number of amides is 9. The number of rotatable bonds is 37. The van der Waals surface area contributed by atoms with Crippen LogP contribution in [0.4, 0.5) is 0 Å². The first-order valence-electron chi connectivity index (χ1n) is 26.7. The van der Waals surface area contributed by atoms with Crippen molar-refractivity contribution in [2.45, 2.75) is 192 Å². The highest BCUT2D eigenvalue weighted by Crippen LogP contribution is 2.21. The van der Waals surface area contributed by atoms with Crippen molar-refractivity contribution < 1.29 is 58.2 Å². The number of guanidine groups is 2. The van der Waals surface area contributed by atoms with Gasteiger partial charge in [-0.15, -0.1) is 0 Å². The number of nitrogens with two attached hydrogens (primary N) is 7. The van der Waals surface area contributed by atoms with Gasteiger partial charge in [0.25, 0.3) is 0 Å². The normalized spacial score (nSPS) is 17.0. The number of unbranched alkanes of at least 4 members (excludes halogenated alkanes) is 1. The first kappa shape index (κ1) is 69.1. The molecule has 0 radical (unpaired) electrons. The first-order chi connectivity index (χ1) is 36.6. The summed E-state index contributed by atoms with van der Waals surface area (Å²) >= 11 is 0. The molecule has 0 aromatic rings. The lowest BCUT2D eigenvalue weighted by atomic mass is 9.95. The van der Waals surface area contributed by atoms with Crippen molar-refractivity contribution in [3.63, 3.8) is 0 Å². The van der Waals surface area contributed by atoms with E-state index in [1.807, 2.05) is 0 Å². The van der Waals surface area contributed by atoms with Crippen LogP contribution in [0.1, 0.15) is 132 Å². The van der Waals surface area contributed by atoms with E-state index in [1.165, 1.54) is 6.92 Å². The van der Waals surface area contributed by atoms with Crippen LogP contribution < -0.4 is 77.4 Å². The van der Waals surface area contributed by atoms with Gasteiger partial charge in [0.05, 0.1) is 12.1 Å². The summed E-state index contributed by atoms with van der Waals surface area (Å²) in [6.07, 6.45) is 0.368. The monoisotopic (exact) mass is 1110 g/mol. The van der Waals surface area contributed by atoms with Crippen molar-refractivity contribution in [2.24, 2.45) is 67.9 Å². The lowest BCUT2D eigenvalue weighted by molar-refractivity contribution is -0.149. The number of nitrogens with one attached hydrogen (secondary N) is 7. The average Bonchev–Trinajstić information content (AvgIpc) is 3.86. The number of carbonyl (C=O) groups excluding carboxylic acids is 9. The molecule has 29 nitrogen and oxygen atoms in total. The van der Waals surface area contributed by atoms with Crippen LogP contribution in [0.25, 0.3) is 0 Å². The molecule has 1 heterocycles. The smallest absolute Gasteiger partial charge is 0.326 e. The molecule has 1 fully saturated rings. The molecular formula is C49H91N17O12. The molecule has 23 N–H and O–H groups in total. The zero-order chi connectivity index (χ0) is 59.4. The van der Waals surface area contributed by atoms with Gasteiger partial charge in [0.1, 0.15) is 48.3 Å². The van der Waals surface area contributed by atoms with E-state index in [1.54, 1.807) is 41.5 Å². The molecule has 1 saturated heterocycles. The molecule has 0 unspecified atom stereocenters. The fourth-order valence-corrected chi connectivity index (χ4v) is 8.39. The molecule has 0 aromatic carbocycles. The van der Waals surface area contributed by atoms with E-state index in [0.717, 1.165) is 4.90 Å². The molecule has 0 spiro atoms. The second-order valence-corrected chi connectivity index (χ2v) is 20.5. The Morgan fingerprint density at radius 1 is 0.590 bits per heavy atom. The van der Waals surface area contributed by atoms with E-state index < -0.39 is 131 Å². The minimum absolute atomic E-state index is 0.0168. The number of likely N-dealkylation sites (tertiary alicyclic amines) is 1. The van der Waals surface area contributed by atoms with E-state index in [0.29, 0.717) is 32.1 Å². The van der Waals surface area contributed by atoms with Crippen LogP contribution in [-0.2, 0) is 47.9 Å². The number of hydrogen-bond acceptors (Lipinski definition) is 15. The second kappa shape index (κ2) is 35.5. The summed E-state index contributed by atoms with van der Waals surface area (Å²) in [4.78, 5) is 144. The molecule has 444 valence electrons. The highest BCUT2D eigenvalue weighted by molar-refractivity contribution is 5.98. The summed E-state index contributed by atoms with van der Waals surface area (Å²) in [5.41, 5.74) is 38.8. The summed E-state index contributed by atoms with van der Waals surface area (Å²) in [6.45, 7) is 12.1. The second-order valence-electron chi connectivity index (χ2n) is 20.5. The van der Waals surface area contributed by atoms with Gasteiger partial charge in [0.2, 0.25) is 53.2 Å². The lowest BCUT2D eigenvalue weighted by Gasteiger charge is -2.32. The van der Waals surface area contributed by atoms with Crippen LogP contribution in [0, 0.1) is 17.8 Å². The zero-order valence-electron chi connectivity index (χ0n) is 46.4. The molecule has 1 aliphatic rings. The van der Waals surface area contributed by atoms with E-state index in [4.69, 9.17) is 40.1 Å². The number of aliphatic hydroxyl groups is 1. The quantitative estimate of drug-likeness (QED) is 0.0158. The number of carboxylic acid groups (broad SMARTS) is 1. The minimum Gasteiger partial charge on any atom is -0.480 e. The summed E-state index contributed by atoms with van der Waals surface area (Å²) in [5, 5.41) is 38.9. The van der Waals surface area contributed by atoms with Gasteiger partial charge < -0.3 is 92.5 Å². The number of carboxylic acids is 1. The fraction of sp³-hybridized carbons (Fsp3) is 0.755. The maximum Gasteiger partial charge on any atom is 0.326 e. The topological polar surface area (TPSA) is 505 Å². The van der Waals surface area contributed by atoms with Gasteiger partial charge in [-0.2, -0.15) is 0 Å². The standard InChI is InChI=1S/C49H91N17O12/c1-8-27(6)37(44(74)61-32(18-19-35(52)68)46(76)66-23-13-17-34(66)47(77)78)64-43(73)36(26(4)5)63-40(70)30(15-9-10-20-50)60-42(72)33(24-25(2)3)62-45(75)38(28(7)67)65-41(71)31(16-12-22-58-49(55)56)59-39(69)29(51)14-11-21-57-48(53)54/h25-34,36-38,67H,8-24,50-51H2,1-7H3,(H2,52,68)(H,59,69)(H,60,72)(H,61,74)(H,62,75)(H,63,70)(H,64,73)(H,65,71)(H,77,78)(H4,53,54,57)(H4,55,56,58)/t27-,28+,29-,30-,31-,32-,33-,34-,36-,37-,38-/m0/s1. The molecule has 1 rings (SSSR count). The lowest BCUT2D eigenvalue weighted by Crippen LogP contribution is -2.62. The number of primary amides is 1. The number of aliphatic carboxylic acids is 1. The Morgan fingerprint density at radius 3 is 1.56 bits per heavy atom. The molecule has 11 atom stereocenters. The summed E-state index contributed by atoms with van der Waals surface area (Å²) in [7, 11) is 0. The number of aliphatic hydroxyl groups excluding tert-OH is 1. The molecular weight excluding hydrogens is 1020 g/mol. The predicted molar refractivity (Wildman–Crippen MR) is 290 cm³/mol. The van der Waals surface area contributed by atoms with Crippen LogP contribution in [0.3, 0.4) is 0 Å². The van der Waals surface area contributed by atoms with Crippen LogP contribution in [0.5, 0.6) is 0 Å². The van der Waals surface area contributed by atoms with E-state index >= 15 is 0 Å². The van der Waals surface area contributed by atoms with Crippen LogP contribution in [0.15, 0.2) is 9.98 Å². The van der Waals surface area contributed by atoms with Gasteiger partial charge in [0, 0.05) is 26.1 Å². The predicted octanol–water partition coefficient (Wildman–Crippen LogP) is -4.59. The molecule has 29 heteroatoms. The van der Waals surface area contributed by atoms with Crippen LogP contribution in [-0.4, -0.2) is 173 Å². The van der Waals surface area contributed by atoms with Crippen LogP contribution >= 0.6 is 0 Å². The Labute approximate surface area is 456 Å². The summed E-state index contributed by atoms with van der Waals surface area (Å²) in [6, 6.07) is -11.8. The summed E-state index contributed by atoms with van der Waals surface area (Å²) in [5.74, 6) is -10.2. The van der Waals surface area contributed by atoms with Crippen molar-refractivity contribution in [3.8, 4) is 0 Å². The van der Waals surface area contributed by atoms with Gasteiger partial charge in [-0.3, -0.25) is 53.1 Å². The molecule has 0 aromatic heterocycles. The largest absolute Gasteiger partial charge is 0.480 e. The highest BCUT2D eigenvalue weighted by atomic mass is 16.4. The Morgan fingerprint density at radius 2 is 1.06 bits per heavy atom. The van der Waals surface area contributed by atoms with Crippen molar-refractivity contribution in [3.05, 3.63) is 0 Å². The van der Waals surface area contributed by atoms with Crippen molar-refractivity contribution in [2.75, 3.05) is 26.2 Å². The molecule has 0 saturated carbocycles. The molecule has 9 amide bonds. The molecule has 78 heavy (non-hydrogen) atoms. The van der Waals surface area contributed by atoms with Gasteiger partial charge in [0.15, 0.2) is 11.9 Å². The highest BCUT2D eigenvalue weighted by Gasteiger charge is 2.40. The van der Waals surface area contributed by atoms with Crippen molar-refractivity contribution in [1.82, 2.24) is 42.1 Å². The van der Waals surface area contributed by atoms with Crippen LogP contribution in [0.2, 0.25) is 0 Å². The van der Waals surface area contributed by atoms with Gasteiger partial charge in [-0.1, -0.05) is 48.0 Å². The number of carbonyl (C=O) groups is 10. The maximum absolute atomic E-state index is 14.3. The van der Waals surface area contributed by atoms with Crippen molar-refractivity contribution >= 4 is 71.1 Å². The first-order valence-corrected chi connectivity index (χ1v) is 26.7. The minimum atomic E-state index is -1.67. The number of aliphatic imine (C=N–C) groups is 2. The number of hydrogen-bond donors (Lipinski definition) is 16. The maximum atomic E-state index is 14.3. The zero-order valence-corrected chi connectivity index (χ0v) is 46.4. The SMILES string of the molecule is CC[C@H](C)[C@H](NC(=O)[C@@H](NC(=O)[C@H](CCCCN)NC(=O)[C@H](CC(C)C)NC(=O)[C@@H](NC(=O)[C@H](CCCN=C(N)N)NC(=O)[C@@H](N)CCCN=C(N)N)[C@@H](C)O)C(C)C)C(=O)N[C@@H](CCC(N)=O)C(=O)N1CCC[C@H]1C(=O)O. The third-order valence-electron chi connectivity index (χ3n) is 13.0. The third-order valence-corrected chi connectivity index (χ3v) is 13.0. The van der Waals surface area contributed by atoms with E-state index in [9.17, 15) is 58.2 Å². The average molecular weight is 1110 g/mol. The van der Waals surface area contributed by atoms with E-state index in [-0.39, 0.29) is 95.4 Å². The number of nitrogens with zero attached hydrogens (tertiary/aromatic N) is 3. The van der Waals surface area contributed by atoms with Gasteiger partial charge in [-0.25, -0.2) is 4.79 Å².